The molecular weight excluding hydrogens is 350 g/mol. The molecule has 7 nitrogen and oxygen atoms in total. The van der Waals surface area contributed by atoms with E-state index in [2.05, 4.69) is 15.0 Å². The zero-order chi connectivity index (χ0) is 19.3. The Balaban J connectivity index is 2.01. The van der Waals surface area contributed by atoms with Crippen LogP contribution in [0.4, 0.5) is 8.78 Å². The molecule has 2 rings (SSSR count). The highest BCUT2D eigenvalue weighted by atomic mass is 19.2. The molecule has 140 valence electrons. The number of methoxy groups -OCH3 is 1. The number of hydrogen-bond acceptors (Lipinski definition) is 6. The Hall–Kier alpha value is -2.97. The van der Waals surface area contributed by atoms with E-state index >= 15 is 0 Å². The maximum atomic E-state index is 13.5. The fourth-order valence-electron chi connectivity index (χ4n) is 2.06. The van der Waals surface area contributed by atoms with Crippen LogP contribution in [0.15, 0.2) is 28.9 Å². The Labute approximate surface area is 148 Å². The molecule has 1 heterocycles. The van der Waals surface area contributed by atoms with Gasteiger partial charge in [0.25, 0.3) is 5.91 Å². The van der Waals surface area contributed by atoms with E-state index in [-0.39, 0.29) is 29.9 Å². The highest BCUT2D eigenvalue weighted by molar-refractivity contribution is 5.95. The Kier molecular flexibility index (Phi) is 6.26. The number of rotatable bonds is 7. The lowest BCUT2D eigenvalue weighted by Crippen LogP contribution is -2.45. The van der Waals surface area contributed by atoms with Gasteiger partial charge in [0.1, 0.15) is 12.3 Å². The van der Waals surface area contributed by atoms with Crippen molar-refractivity contribution in [2.24, 2.45) is 5.92 Å². The second kappa shape index (κ2) is 8.41. The van der Waals surface area contributed by atoms with E-state index in [1.807, 2.05) is 0 Å². The molecule has 1 aromatic heterocycles. The normalized spacial score (nSPS) is 11.9. The maximum Gasteiger partial charge on any atom is 0.328 e. The van der Waals surface area contributed by atoms with Crippen LogP contribution in [0.2, 0.25) is 0 Å². The molecule has 1 N–H and O–H groups in total. The summed E-state index contributed by atoms with van der Waals surface area (Å²) in [5, 5.41) is 2.50. The third-order valence-corrected chi connectivity index (χ3v) is 3.46. The van der Waals surface area contributed by atoms with Crippen LogP contribution in [0.1, 0.15) is 30.2 Å². The first-order valence-electron chi connectivity index (χ1n) is 7.73. The van der Waals surface area contributed by atoms with Crippen LogP contribution in [0, 0.1) is 17.6 Å². The summed E-state index contributed by atoms with van der Waals surface area (Å²) >= 11 is 0. The van der Waals surface area contributed by atoms with Crippen LogP contribution >= 0.6 is 0 Å². The van der Waals surface area contributed by atoms with Crippen LogP contribution in [0.3, 0.4) is 0 Å². The van der Waals surface area contributed by atoms with Crippen molar-refractivity contribution in [2.45, 2.75) is 26.5 Å². The minimum Gasteiger partial charge on any atom is -0.481 e. The molecule has 0 saturated heterocycles. The molecule has 0 saturated carbocycles. The van der Waals surface area contributed by atoms with Crippen molar-refractivity contribution in [3.05, 3.63) is 47.7 Å². The van der Waals surface area contributed by atoms with Gasteiger partial charge in [-0.05, 0) is 18.1 Å². The minimum atomic E-state index is -1.13. The van der Waals surface area contributed by atoms with E-state index in [0.29, 0.717) is 0 Å². The highest BCUT2D eigenvalue weighted by Crippen LogP contribution is 2.20. The van der Waals surface area contributed by atoms with E-state index in [1.54, 1.807) is 13.8 Å². The number of hydrogen-bond donors (Lipinski definition) is 1. The molecule has 26 heavy (non-hydrogen) atoms. The van der Waals surface area contributed by atoms with Crippen LogP contribution < -0.4 is 10.1 Å². The van der Waals surface area contributed by atoms with Gasteiger partial charge in [0.05, 0.1) is 7.11 Å². The lowest BCUT2D eigenvalue weighted by atomic mass is 10.0. The van der Waals surface area contributed by atoms with Crippen molar-refractivity contribution in [1.29, 1.82) is 0 Å². The minimum absolute atomic E-state index is 0.0158. The fourth-order valence-corrected chi connectivity index (χ4v) is 2.06. The molecule has 2 aromatic rings. The molecule has 0 bridgehead atoms. The zero-order valence-electron chi connectivity index (χ0n) is 14.4. The average Bonchev–Trinajstić information content (AvgIpc) is 3.09. The van der Waals surface area contributed by atoms with Crippen LogP contribution in [0.5, 0.6) is 5.75 Å². The summed E-state index contributed by atoms with van der Waals surface area (Å²) in [7, 11) is 1.22. The molecule has 0 aliphatic heterocycles. The number of benzene rings is 1. The molecule has 1 aromatic carbocycles. The summed E-state index contributed by atoms with van der Waals surface area (Å²) in [4.78, 5) is 27.8. The van der Waals surface area contributed by atoms with Gasteiger partial charge in [0, 0.05) is 0 Å². The summed E-state index contributed by atoms with van der Waals surface area (Å²) in [6.45, 7) is 3.19. The van der Waals surface area contributed by atoms with Crippen molar-refractivity contribution in [3.8, 4) is 5.75 Å². The smallest absolute Gasteiger partial charge is 0.328 e. The molecule has 0 fully saturated rings. The van der Waals surface area contributed by atoms with Gasteiger partial charge < -0.3 is 19.2 Å². The summed E-state index contributed by atoms with van der Waals surface area (Å²) < 4.78 is 41.4. The van der Waals surface area contributed by atoms with E-state index < -0.39 is 29.6 Å². The number of ether oxygens (including phenoxy) is 2. The zero-order valence-corrected chi connectivity index (χ0v) is 14.4. The average molecular weight is 368 g/mol. The molecule has 9 heteroatoms. The Morgan fingerprint density at radius 2 is 2.04 bits per heavy atom. The number of aromatic nitrogens is 1. The number of carbonyl (C=O) groups excluding carboxylic acids is 2. The van der Waals surface area contributed by atoms with E-state index in [9.17, 15) is 18.4 Å². The first kappa shape index (κ1) is 19.4. The third-order valence-electron chi connectivity index (χ3n) is 3.46. The van der Waals surface area contributed by atoms with Gasteiger partial charge >= 0.3 is 5.97 Å². The first-order valence-corrected chi connectivity index (χ1v) is 7.73. The standard InChI is InChI=1S/C17H18F2N2O5/c1-9(2)15(17(23)24-3)21-16(22)11-7-26-13(20-11)8-25-12-6-4-5-10(18)14(12)19/h4-7,9,15H,8H2,1-3H3,(H,21,22)/t15-/m0/s1. The summed E-state index contributed by atoms with van der Waals surface area (Å²) in [5.74, 6) is -3.91. The summed E-state index contributed by atoms with van der Waals surface area (Å²) in [5.41, 5.74) is -0.0853. The fraction of sp³-hybridized carbons (Fsp3) is 0.353. The molecule has 1 atom stereocenters. The maximum absolute atomic E-state index is 13.5. The van der Waals surface area contributed by atoms with E-state index in [4.69, 9.17) is 9.15 Å². The van der Waals surface area contributed by atoms with Gasteiger partial charge in [-0.3, -0.25) is 4.79 Å². The van der Waals surface area contributed by atoms with E-state index in [0.717, 1.165) is 12.3 Å². The topological polar surface area (TPSA) is 90.7 Å². The largest absolute Gasteiger partial charge is 0.481 e. The summed E-state index contributed by atoms with van der Waals surface area (Å²) in [6, 6.07) is 2.66. The number of oxazole rings is 1. The molecule has 0 unspecified atom stereocenters. The van der Waals surface area contributed by atoms with Gasteiger partial charge in [0.2, 0.25) is 11.7 Å². The van der Waals surface area contributed by atoms with Crippen molar-refractivity contribution in [3.63, 3.8) is 0 Å². The Morgan fingerprint density at radius 1 is 1.31 bits per heavy atom. The molecule has 0 spiro atoms. The second-order valence-electron chi connectivity index (χ2n) is 5.69. The molecule has 1 amide bonds. The number of esters is 1. The Bertz CT molecular complexity index is 791. The number of nitrogens with zero attached hydrogens (tertiary/aromatic N) is 1. The molecular formula is C17H18F2N2O5. The SMILES string of the molecule is COC(=O)[C@@H](NC(=O)c1coc(COc2cccc(F)c2F)n1)C(C)C. The van der Waals surface area contributed by atoms with Gasteiger partial charge in [-0.2, -0.15) is 4.39 Å². The predicted octanol–water partition coefficient (Wildman–Crippen LogP) is 2.46. The predicted molar refractivity (Wildman–Crippen MR) is 85.3 cm³/mol. The van der Waals surface area contributed by atoms with Crippen LogP contribution in [-0.4, -0.2) is 30.0 Å². The van der Waals surface area contributed by atoms with Crippen LogP contribution in [-0.2, 0) is 16.1 Å². The van der Waals surface area contributed by atoms with Gasteiger partial charge in [0.15, 0.2) is 23.9 Å². The highest BCUT2D eigenvalue weighted by Gasteiger charge is 2.26. The number of halogens is 2. The van der Waals surface area contributed by atoms with E-state index in [1.165, 1.54) is 19.2 Å². The monoisotopic (exact) mass is 368 g/mol. The molecule has 0 aliphatic rings. The Morgan fingerprint density at radius 3 is 2.69 bits per heavy atom. The quantitative estimate of drug-likeness (QED) is 0.755. The first-order chi connectivity index (χ1) is 12.3. The van der Waals surface area contributed by atoms with Crippen molar-refractivity contribution < 1.29 is 32.3 Å². The molecule has 0 aliphatic carbocycles. The van der Waals surface area contributed by atoms with Crippen molar-refractivity contribution in [1.82, 2.24) is 10.3 Å². The van der Waals surface area contributed by atoms with Crippen LogP contribution in [0.25, 0.3) is 0 Å². The number of carbonyl (C=O) groups is 2. The van der Waals surface area contributed by atoms with Gasteiger partial charge in [-0.15, -0.1) is 0 Å². The van der Waals surface area contributed by atoms with Crippen molar-refractivity contribution >= 4 is 11.9 Å². The number of nitrogens with one attached hydrogen (secondary N) is 1. The number of amides is 1. The van der Waals surface area contributed by atoms with Crippen molar-refractivity contribution in [2.75, 3.05) is 7.11 Å². The van der Waals surface area contributed by atoms with Gasteiger partial charge in [-0.25, -0.2) is 14.2 Å². The lowest BCUT2D eigenvalue weighted by Gasteiger charge is -2.18. The summed E-state index contributed by atoms with van der Waals surface area (Å²) in [6.07, 6.45) is 1.07. The lowest BCUT2D eigenvalue weighted by molar-refractivity contribution is -0.144. The van der Waals surface area contributed by atoms with Gasteiger partial charge in [-0.1, -0.05) is 19.9 Å². The molecule has 0 radical (unpaired) electrons. The third kappa shape index (κ3) is 4.56. The second-order valence-corrected chi connectivity index (χ2v) is 5.69.